The number of aryl methyl sites for hydroxylation is 1. The summed E-state index contributed by atoms with van der Waals surface area (Å²) in [5.74, 6) is 0.185. The van der Waals surface area contributed by atoms with E-state index in [4.69, 9.17) is 0 Å². The Kier molecular flexibility index (Phi) is 7.64. The molecule has 1 unspecified atom stereocenters. The number of benzene rings is 1. The zero-order chi connectivity index (χ0) is 19.8. The highest BCUT2D eigenvalue weighted by atomic mass is 16.2. The number of likely N-dealkylation sites (tertiary alicyclic amines) is 1. The zero-order valence-electron chi connectivity index (χ0n) is 16.4. The topological polar surface area (TPSA) is 90.5 Å². The number of piperidine rings is 1. The van der Waals surface area contributed by atoms with E-state index in [0.29, 0.717) is 18.0 Å². The molecule has 4 amide bonds. The van der Waals surface area contributed by atoms with Gasteiger partial charge in [0.1, 0.15) is 0 Å². The van der Waals surface area contributed by atoms with Crippen molar-refractivity contribution in [3.63, 3.8) is 0 Å². The zero-order valence-corrected chi connectivity index (χ0v) is 16.4. The van der Waals surface area contributed by atoms with Crippen LogP contribution in [-0.2, 0) is 4.79 Å². The maximum Gasteiger partial charge on any atom is 0.321 e. The van der Waals surface area contributed by atoms with E-state index in [1.54, 1.807) is 12.1 Å². The molecule has 1 saturated heterocycles. The summed E-state index contributed by atoms with van der Waals surface area (Å²) in [6.07, 6.45) is 3.02. The van der Waals surface area contributed by atoms with Crippen molar-refractivity contribution in [2.45, 2.75) is 40.0 Å². The van der Waals surface area contributed by atoms with E-state index < -0.39 is 11.9 Å². The molecule has 1 aliphatic rings. The van der Waals surface area contributed by atoms with Crippen LogP contribution in [0.2, 0.25) is 0 Å². The Hall–Kier alpha value is -2.57. The number of imide groups is 1. The normalized spacial score (nSPS) is 16.6. The van der Waals surface area contributed by atoms with Crippen LogP contribution in [0, 0.1) is 12.8 Å². The number of anilines is 1. The van der Waals surface area contributed by atoms with E-state index in [1.165, 1.54) is 6.42 Å². The Labute approximate surface area is 160 Å². The molecule has 7 nitrogen and oxygen atoms in total. The minimum absolute atomic E-state index is 0.0165. The summed E-state index contributed by atoms with van der Waals surface area (Å²) in [4.78, 5) is 37.9. The number of carbonyl (C=O) groups excluding carboxylic acids is 3. The van der Waals surface area contributed by atoms with Crippen LogP contribution in [-0.4, -0.2) is 48.9 Å². The summed E-state index contributed by atoms with van der Waals surface area (Å²) in [5, 5.41) is 7.87. The second kappa shape index (κ2) is 9.94. The number of nitrogens with zero attached hydrogens (tertiary/aromatic N) is 1. The average molecular weight is 374 g/mol. The molecule has 0 saturated carbocycles. The van der Waals surface area contributed by atoms with Crippen LogP contribution in [0.1, 0.15) is 49.0 Å². The van der Waals surface area contributed by atoms with Crippen molar-refractivity contribution in [1.29, 1.82) is 0 Å². The summed E-state index contributed by atoms with van der Waals surface area (Å²) in [6.45, 7) is 8.12. The van der Waals surface area contributed by atoms with Gasteiger partial charge in [-0.15, -0.1) is 0 Å². The SMILES string of the molecule is CCCNC(=O)NC(=O)CNc1ccc(C(=O)N2CCCC(C)C2)cc1C. The van der Waals surface area contributed by atoms with Gasteiger partial charge in [-0.05, 0) is 55.9 Å². The molecule has 7 heteroatoms. The van der Waals surface area contributed by atoms with E-state index in [-0.39, 0.29) is 12.5 Å². The Bertz CT molecular complexity index is 690. The molecule has 0 spiro atoms. The number of hydrogen-bond donors (Lipinski definition) is 3. The van der Waals surface area contributed by atoms with Crippen LogP contribution in [0.25, 0.3) is 0 Å². The van der Waals surface area contributed by atoms with Gasteiger partial charge in [0.2, 0.25) is 5.91 Å². The lowest BCUT2D eigenvalue weighted by Crippen LogP contribution is -2.42. The van der Waals surface area contributed by atoms with Crippen LogP contribution in [0.15, 0.2) is 18.2 Å². The fraction of sp³-hybridized carbons (Fsp3) is 0.550. The van der Waals surface area contributed by atoms with Gasteiger partial charge in [0.05, 0.1) is 6.54 Å². The molecule has 148 valence electrons. The number of nitrogens with one attached hydrogen (secondary N) is 3. The molecule has 1 aliphatic heterocycles. The number of urea groups is 1. The second-order valence-corrected chi connectivity index (χ2v) is 7.19. The van der Waals surface area contributed by atoms with E-state index in [1.807, 2.05) is 24.8 Å². The van der Waals surface area contributed by atoms with Crippen LogP contribution >= 0.6 is 0 Å². The summed E-state index contributed by atoms with van der Waals surface area (Å²) in [7, 11) is 0. The first-order valence-corrected chi connectivity index (χ1v) is 9.62. The smallest absolute Gasteiger partial charge is 0.321 e. The number of rotatable bonds is 6. The first-order chi connectivity index (χ1) is 12.9. The van der Waals surface area contributed by atoms with Crippen LogP contribution in [0.5, 0.6) is 0 Å². The molecule has 1 atom stereocenters. The van der Waals surface area contributed by atoms with Crippen LogP contribution in [0.3, 0.4) is 0 Å². The van der Waals surface area contributed by atoms with Crippen molar-refractivity contribution in [1.82, 2.24) is 15.5 Å². The van der Waals surface area contributed by atoms with Gasteiger partial charge in [0, 0.05) is 30.9 Å². The van der Waals surface area contributed by atoms with Crippen molar-refractivity contribution in [3.8, 4) is 0 Å². The lowest BCUT2D eigenvalue weighted by Gasteiger charge is -2.31. The van der Waals surface area contributed by atoms with E-state index in [0.717, 1.165) is 37.2 Å². The first-order valence-electron chi connectivity index (χ1n) is 9.62. The Morgan fingerprint density at radius 3 is 2.70 bits per heavy atom. The van der Waals surface area contributed by atoms with Crippen molar-refractivity contribution in [2.24, 2.45) is 5.92 Å². The Morgan fingerprint density at radius 1 is 1.26 bits per heavy atom. The Balaban J connectivity index is 1.89. The van der Waals surface area contributed by atoms with Crippen molar-refractivity contribution in [3.05, 3.63) is 29.3 Å². The molecule has 1 aromatic carbocycles. The molecule has 3 N–H and O–H groups in total. The molecule has 0 bridgehead atoms. The van der Waals surface area contributed by atoms with Gasteiger partial charge in [-0.1, -0.05) is 13.8 Å². The lowest BCUT2D eigenvalue weighted by atomic mass is 9.99. The molecule has 1 fully saturated rings. The fourth-order valence-electron chi connectivity index (χ4n) is 3.18. The van der Waals surface area contributed by atoms with E-state index in [9.17, 15) is 14.4 Å². The molecule has 0 aliphatic carbocycles. The van der Waals surface area contributed by atoms with Gasteiger partial charge in [0.15, 0.2) is 0 Å². The number of hydrogen-bond acceptors (Lipinski definition) is 4. The molecule has 0 radical (unpaired) electrons. The van der Waals surface area contributed by atoms with Gasteiger partial charge in [0.25, 0.3) is 5.91 Å². The van der Waals surface area contributed by atoms with Crippen molar-refractivity contribution in [2.75, 3.05) is 31.5 Å². The van der Waals surface area contributed by atoms with E-state index in [2.05, 4.69) is 22.9 Å². The third-order valence-corrected chi connectivity index (χ3v) is 4.65. The quantitative estimate of drug-likeness (QED) is 0.714. The molecule has 27 heavy (non-hydrogen) atoms. The number of amides is 4. The third-order valence-electron chi connectivity index (χ3n) is 4.65. The Morgan fingerprint density at radius 2 is 2.04 bits per heavy atom. The fourth-order valence-corrected chi connectivity index (χ4v) is 3.18. The highest BCUT2D eigenvalue weighted by Gasteiger charge is 2.22. The van der Waals surface area contributed by atoms with Gasteiger partial charge in [-0.2, -0.15) is 0 Å². The average Bonchev–Trinajstić information content (AvgIpc) is 2.64. The highest BCUT2D eigenvalue weighted by molar-refractivity contribution is 5.97. The molecule has 2 rings (SSSR count). The first kappa shape index (κ1) is 20.7. The number of carbonyl (C=O) groups is 3. The van der Waals surface area contributed by atoms with Crippen LogP contribution < -0.4 is 16.0 Å². The standard InChI is InChI=1S/C20H30N4O3/c1-4-9-21-20(27)23-18(25)12-22-17-8-7-16(11-15(17)3)19(26)24-10-5-6-14(2)13-24/h7-8,11,14,22H,4-6,9-10,12-13H2,1-3H3,(H2,21,23,25,27). The maximum absolute atomic E-state index is 12.7. The van der Waals surface area contributed by atoms with Gasteiger partial charge >= 0.3 is 6.03 Å². The van der Waals surface area contributed by atoms with Crippen LogP contribution in [0.4, 0.5) is 10.5 Å². The monoisotopic (exact) mass is 374 g/mol. The molecular weight excluding hydrogens is 344 g/mol. The predicted octanol–water partition coefficient (Wildman–Crippen LogP) is 2.51. The van der Waals surface area contributed by atoms with Crippen molar-refractivity contribution < 1.29 is 14.4 Å². The molecular formula is C20H30N4O3. The van der Waals surface area contributed by atoms with Crippen molar-refractivity contribution >= 4 is 23.5 Å². The van der Waals surface area contributed by atoms with Gasteiger partial charge < -0.3 is 15.5 Å². The summed E-state index contributed by atoms with van der Waals surface area (Å²) in [6, 6.07) is 4.94. The minimum atomic E-state index is -0.489. The third kappa shape index (κ3) is 6.27. The molecule has 0 aromatic heterocycles. The van der Waals surface area contributed by atoms with Gasteiger partial charge in [-0.3, -0.25) is 14.9 Å². The summed E-state index contributed by atoms with van der Waals surface area (Å²) >= 11 is 0. The van der Waals surface area contributed by atoms with Gasteiger partial charge in [-0.25, -0.2) is 4.79 Å². The minimum Gasteiger partial charge on any atom is -0.376 e. The van der Waals surface area contributed by atoms with E-state index >= 15 is 0 Å². The summed E-state index contributed by atoms with van der Waals surface area (Å²) < 4.78 is 0. The molecule has 1 heterocycles. The predicted molar refractivity (Wildman–Crippen MR) is 106 cm³/mol. The maximum atomic E-state index is 12.7. The molecule has 1 aromatic rings. The highest BCUT2D eigenvalue weighted by Crippen LogP contribution is 2.21. The largest absolute Gasteiger partial charge is 0.376 e. The second-order valence-electron chi connectivity index (χ2n) is 7.19. The summed E-state index contributed by atoms with van der Waals surface area (Å²) in [5.41, 5.74) is 2.31. The lowest BCUT2D eigenvalue weighted by molar-refractivity contribution is -0.118.